The van der Waals surface area contributed by atoms with Gasteiger partial charge in [0.25, 0.3) is 5.91 Å². The number of hydrogen-bond acceptors (Lipinski definition) is 3. The average Bonchev–Trinajstić information content (AvgIpc) is 3.16. The van der Waals surface area contributed by atoms with Gasteiger partial charge in [-0.1, -0.05) is 30.3 Å². The van der Waals surface area contributed by atoms with E-state index in [1.807, 2.05) is 59.4 Å². The molecule has 5 heteroatoms. The van der Waals surface area contributed by atoms with Gasteiger partial charge in [0.15, 0.2) is 5.13 Å². The Balaban J connectivity index is 1.66. The van der Waals surface area contributed by atoms with Gasteiger partial charge < -0.3 is 9.88 Å². The summed E-state index contributed by atoms with van der Waals surface area (Å²) in [4.78, 5) is 16.4. The minimum atomic E-state index is -0.150. The molecule has 3 rings (SSSR count). The number of benzene rings is 1. The third-order valence-corrected chi connectivity index (χ3v) is 3.70. The Morgan fingerprint density at radius 1 is 1.15 bits per heavy atom. The highest BCUT2D eigenvalue weighted by atomic mass is 32.1. The van der Waals surface area contributed by atoms with E-state index in [4.69, 9.17) is 0 Å². The lowest BCUT2D eigenvalue weighted by Crippen LogP contribution is -2.23. The smallest absolute Gasteiger partial charge is 0.271 e. The Labute approximate surface area is 120 Å². The summed E-state index contributed by atoms with van der Waals surface area (Å²) < 4.78 is 1.89. The van der Waals surface area contributed by atoms with Crippen molar-refractivity contribution in [1.29, 1.82) is 0 Å². The SMILES string of the molecule is O=C(NCc1ccccc1)c1csc(-n2cccc2)n1. The molecule has 2 heterocycles. The minimum Gasteiger partial charge on any atom is -0.347 e. The quantitative estimate of drug-likeness (QED) is 0.800. The number of nitrogens with zero attached hydrogens (tertiary/aromatic N) is 2. The summed E-state index contributed by atoms with van der Waals surface area (Å²) in [5.41, 5.74) is 1.52. The number of hydrogen-bond donors (Lipinski definition) is 1. The third kappa shape index (κ3) is 2.78. The van der Waals surface area contributed by atoms with Crippen molar-refractivity contribution in [2.75, 3.05) is 0 Å². The van der Waals surface area contributed by atoms with Crippen LogP contribution in [0.25, 0.3) is 5.13 Å². The number of thiazole rings is 1. The summed E-state index contributed by atoms with van der Waals surface area (Å²) in [6.07, 6.45) is 3.81. The second-order valence-electron chi connectivity index (χ2n) is 4.27. The molecule has 0 atom stereocenters. The summed E-state index contributed by atoms with van der Waals surface area (Å²) >= 11 is 1.45. The maximum absolute atomic E-state index is 12.0. The van der Waals surface area contributed by atoms with Crippen LogP contribution in [0.2, 0.25) is 0 Å². The second kappa shape index (κ2) is 5.71. The van der Waals surface area contributed by atoms with Crippen LogP contribution >= 0.6 is 11.3 Å². The van der Waals surface area contributed by atoms with Crippen molar-refractivity contribution in [3.05, 3.63) is 71.5 Å². The van der Waals surface area contributed by atoms with E-state index < -0.39 is 0 Å². The number of amides is 1. The summed E-state index contributed by atoms with van der Waals surface area (Å²) in [5.74, 6) is -0.150. The van der Waals surface area contributed by atoms with Crippen LogP contribution < -0.4 is 5.32 Å². The highest BCUT2D eigenvalue weighted by Gasteiger charge is 2.10. The Bertz CT molecular complexity index is 689. The zero-order valence-corrected chi connectivity index (χ0v) is 11.5. The predicted octanol–water partition coefficient (Wildman–Crippen LogP) is 2.86. The molecule has 1 aromatic carbocycles. The average molecular weight is 283 g/mol. The van der Waals surface area contributed by atoms with E-state index in [0.717, 1.165) is 10.7 Å². The predicted molar refractivity (Wildman–Crippen MR) is 79.1 cm³/mol. The minimum absolute atomic E-state index is 0.150. The van der Waals surface area contributed by atoms with Crippen molar-refractivity contribution in [3.63, 3.8) is 0 Å². The number of rotatable bonds is 4. The fourth-order valence-electron chi connectivity index (χ4n) is 1.82. The molecule has 0 unspecified atom stereocenters. The van der Waals surface area contributed by atoms with E-state index in [2.05, 4.69) is 10.3 Å². The maximum Gasteiger partial charge on any atom is 0.271 e. The van der Waals surface area contributed by atoms with Gasteiger partial charge in [-0.15, -0.1) is 11.3 Å². The molecule has 2 aromatic heterocycles. The fraction of sp³-hybridized carbons (Fsp3) is 0.0667. The highest BCUT2D eigenvalue weighted by molar-refractivity contribution is 7.12. The van der Waals surface area contributed by atoms with Crippen LogP contribution in [0.5, 0.6) is 0 Å². The summed E-state index contributed by atoms with van der Waals surface area (Å²) in [6.45, 7) is 0.510. The van der Waals surface area contributed by atoms with Gasteiger partial charge >= 0.3 is 0 Å². The summed E-state index contributed by atoms with van der Waals surface area (Å²) in [5, 5.41) is 5.43. The van der Waals surface area contributed by atoms with Crippen LogP contribution in [0, 0.1) is 0 Å². The molecule has 3 aromatic rings. The van der Waals surface area contributed by atoms with Crippen molar-refractivity contribution in [2.24, 2.45) is 0 Å². The number of aromatic nitrogens is 2. The van der Waals surface area contributed by atoms with E-state index in [1.54, 1.807) is 5.38 Å². The first kappa shape index (κ1) is 12.6. The molecular formula is C15H13N3OS. The molecule has 1 amide bonds. The third-order valence-electron chi connectivity index (χ3n) is 2.85. The molecule has 100 valence electrons. The first-order chi connectivity index (χ1) is 9.83. The molecule has 0 radical (unpaired) electrons. The molecule has 0 aliphatic heterocycles. The lowest BCUT2D eigenvalue weighted by atomic mass is 10.2. The molecule has 0 bridgehead atoms. The highest BCUT2D eigenvalue weighted by Crippen LogP contribution is 2.15. The zero-order valence-electron chi connectivity index (χ0n) is 10.7. The van der Waals surface area contributed by atoms with E-state index >= 15 is 0 Å². The Kier molecular flexibility index (Phi) is 3.60. The lowest BCUT2D eigenvalue weighted by Gasteiger charge is -2.02. The topological polar surface area (TPSA) is 46.9 Å². The molecule has 1 N–H and O–H groups in total. The van der Waals surface area contributed by atoms with Crippen molar-refractivity contribution >= 4 is 17.2 Å². The fourth-order valence-corrected chi connectivity index (χ4v) is 2.59. The van der Waals surface area contributed by atoms with Crippen LogP contribution in [0.4, 0.5) is 0 Å². The van der Waals surface area contributed by atoms with Gasteiger partial charge in [0.2, 0.25) is 0 Å². The van der Waals surface area contributed by atoms with Gasteiger partial charge in [-0.05, 0) is 17.7 Å². The van der Waals surface area contributed by atoms with Crippen LogP contribution in [0.15, 0.2) is 60.2 Å². The van der Waals surface area contributed by atoms with Gasteiger partial charge in [0.1, 0.15) is 5.69 Å². The van der Waals surface area contributed by atoms with Gasteiger partial charge in [-0.25, -0.2) is 4.98 Å². The lowest BCUT2D eigenvalue weighted by molar-refractivity contribution is 0.0946. The van der Waals surface area contributed by atoms with Gasteiger partial charge in [-0.3, -0.25) is 4.79 Å². The number of carbonyl (C=O) groups excluding carboxylic acids is 1. The van der Waals surface area contributed by atoms with Gasteiger partial charge in [0, 0.05) is 24.3 Å². The molecule has 0 aliphatic rings. The molecule has 0 saturated carbocycles. The molecule has 20 heavy (non-hydrogen) atoms. The van der Waals surface area contributed by atoms with Crippen LogP contribution in [0.3, 0.4) is 0 Å². The number of nitrogens with one attached hydrogen (secondary N) is 1. The van der Waals surface area contributed by atoms with Crippen LogP contribution in [-0.4, -0.2) is 15.5 Å². The summed E-state index contributed by atoms with van der Waals surface area (Å²) in [6, 6.07) is 13.7. The molecule has 0 spiro atoms. The maximum atomic E-state index is 12.0. The molecule has 0 aliphatic carbocycles. The van der Waals surface area contributed by atoms with E-state index in [1.165, 1.54) is 11.3 Å². The van der Waals surface area contributed by atoms with Crippen molar-refractivity contribution in [2.45, 2.75) is 6.54 Å². The Morgan fingerprint density at radius 3 is 2.65 bits per heavy atom. The van der Waals surface area contributed by atoms with E-state index in [9.17, 15) is 4.79 Å². The first-order valence-corrected chi connectivity index (χ1v) is 7.12. The van der Waals surface area contributed by atoms with Crippen molar-refractivity contribution in [3.8, 4) is 5.13 Å². The number of carbonyl (C=O) groups is 1. The first-order valence-electron chi connectivity index (χ1n) is 6.24. The van der Waals surface area contributed by atoms with Crippen LogP contribution in [-0.2, 0) is 6.54 Å². The van der Waals surface area contributed by atoms with E-state index in [0.29, 0.717) is 12.2 Å². The monoisotopic (exact) mass is 283 g/mol. The van der Waals surface area contributed by atoms with Gasteiger partial charge in [-0.2, -0.15) is 0 Å². The largest absolute Gasteiger partial charge is 0.347 e. The standard InChI is InChI=1S/C15H13N3OS/c19-14(16-10-12-6-2-1-3-7-12)13-11-20-15(17-13)18-8-4-5-9-18/h1-9,11H,10H2,(H,16,19). The van der Waals surface area contributed by atoms with Crippen LogP contribution in [0.1, 0.15) is 16.1 Å². The molecular weight excluding hydrogens is 270 g/mol. The Hall–Kier alpha value is -2.40. The summed E-state index contributed by atoms with van der Waals surface area (Å²) in [7, 11) is 0. The van der Waals surface area contributed by atoms with E-state index in [-0.39, 0.29) is 5.91 Å². The van der Waals surface area contributed by atoms with Crippen molar-refractivity contribution in [1.82, 2.24) is 14.9 Å². The normalized spacial score (nSPS) is 10.4. The zero-order chi connectivity index (χ0) is 13.8. The second-order valence-corrected chi connectivity index (χ2v) is 5.11. The Morgan fingerprint density at radius 2 is 1.90 bits per heavy atom. The van der Waals surface area contributed by atoms with Crippen molar-refractivity contribution < 1.29 is 4.79 Å². The molecule has 4 nitrogen and oxygen atoms in total. The molecule has 0 fully saturated rings. The molecule has 0 saturated heterocycles. The van der Waals surface area contributed by atoms with Gasteiger partial charge in [0.05, 0.1) is 0 Å².